The molecule has 1 aliphatic carbocycles. The lowest BCUT2D eigenvalue weighted by atomic mass is 10.1. The molecule has 0 aromatic carbocycles. The van der Waals surface area contributed by atoms with Crippen molar-refractivity contribution in [3.63, 3.8) is 0 Å². The number of hydrogen-bond acceptors (Lipinski definition) is 5. The summed E-state index contributed by atoms with van der Waals surface area (Å²) in [5.41, 5.74) is 5.69. The van der Waals surface area contributed by atoms with Gasteiger partial charge in [-0.1, -0.05) is 16.9 Å². The van der Waals surface area contributed by atoms with Crippen molar-refractivity contribution in [2.45, 2.75) is 24.5 Å². The summed E-state index contributed by atoms with van der Waals surface area (Å²) in [5.74, 6) is 1.21. The highest BCUT2D eigenvalue weighted by Crippen LogP contribution is 2.51. The zero-order chi connectivity index (χ0) is 10.7. The van der Waals surface area contributed by atoms with Gasteiger partial charge in [0.1, 0.15) is 12.1 Å². The van der Waals surface area contributed by atoms with Crippen molar-refractivity contribution >= 4 is 17.6 Å². The van der Waals surface area contributed by atoms with Gasteiger partial charge in [0.05, 0.1) is 6.20 Å². The van der Waals surface area contributed by atoms with Gasteiger partial charge >= 0.3 is 0 Å². The van der Waals surface area contributed by atoms with E-state index < -0.39 is 0 Å². The van der Waals surface area contributed by atoms with E-state index in [9.17, 15) is 0 Å². The fourth-order valence-corrected chi connectivity index (χ4v) is 2.54. The topological polar surface area (TPSA) is 84.6 Å². The number of aromatic nitrogens is 1. The highest BCUT2D eigenvalue weighted by molar-refractivity contribution is 7.99. The Morgan fingerprint density at radius 2 is 2.53 bits per heavy atom. The maximum atomic E-state index is 8.50. The molecule has 2 rings (SSSR count). The molecule has 1 saturated carbocycles. The molecule has 0 amide bonds. The molecule has 0 spiro atoms. The van der Waals surface area contributed by atoms with Crippen LogP contribution >= 0.6 is 11.8 Å². The Hall–Kier alpha value is -1.17. The lowest BCUT2D eigenvalue weighted by molar-refractivity contribution is 0.315. The number of nitrogens with zero attached hydrogens (tertiary/aromatic N) is 2. The van der Waals surface area contributed by atoms with E-state index >= 15 is 0 Å². The van der Waals surface area contributed by atoms with Crippen LogP contribution in [0.1, 0.15) is 19.3 Å². The normalized spacial score (nSPS) is 19.1. The molecule has 1 aliphatic rings. The van der Waals surface area contributed by atoms with Gasteiger partial charge < -0.3 is 15.4 Å². The van der Waals surface area contributed by atoms with Crippen molar-refractivity contribution < 1.29 is 9.62 Å². The van der Waals surface area contributed by atoms with E-state index in [1.165, 1.54) is 0 Å². The van der Waals surface area contributed by atoms with Crippen LogP contribution in [-0.4, -0.2) is 21.8 Å². The minimum absolute atomic E-state index is 0.190. The number of thioether (sulfide) groups is 1. The third-order valence-electron chi connectivity index (χ3n) is 2.55. The van der Waals surface area contributed by atoms with Gasteiger partial charge in [0.15, 0.2) is 0 Å². The molecule has 5 nitrogen and oxygen atoms in total. The monoisotopic (exact) mass is 227 g/mol. The summed E-state index contributed by atoms with van der Waals surface area (Å²) in [5, 5.41) is 12.2. The van der Waals surface area contributed by atoms with E-state index in [-0.39, 0.29) is 5.41 Å². The summed E-state index contributed by atoms with van der Waals surface area (Å²) in [4.78, 5) is 4.03. The number of nitrogens with two attached hydrogens (primary N) is 1. The van der Waals surface area contributed by atoms with Crippen LogP contribution in [0.3, 0.4) is 0 Å². The molecule has 0 unspecified atom stereocenters. The van der Waals surface area contributed by atoms with E-state index in [0.717, 1.165) is 18.6 Å². The van der Waals surface area contributed by atoms with E-state index in [1.807, 2.05) is 0 Å². The predicted molar refractivity (Wildman–Crippen MR) is 56.9 cm³/mol. The van der Waals surface area contributed by atoms with Crippen molar-refractivity contribution in [3.8, 4) is 0 Å². The summed E-state index contributed by atoms with van der Waals surface area (Å²) in [6, 6.07) is 0. The first kappa shape index (κ1) is 10.4. The third-order valence-corrected chi connectivity index (χ3v) is 3.76. The fraction of sp³-hybridized carbons (Fsp3) is 0.556. The quantitative estimate of drug-likeness (QED) is 0.263. The second-order valence-electron chi connectivity index (χ2n) is 3.85. The summed E-state index contributed by atoms with van der Waals surface area (Å²) >= 11 is 1.58. The Balaban J connectivity index is 1.84. The highest BCUT2D eigenvalue weighted by atomic mass is 32.2. The molecule has 1 aromatic rings. The first-order chi connectivity index (χ1) is 7.24. The van der Waals surface area contributed by atoms with Crippen LogP contribution in [-0.2, 0) is 0 Å². The van der Waals surface area contributed by atoms with Crippen LogP contribution < -0.4 is 5.73 Å². The zero-order valence-electron chi connectivity index (χ0n) is 8.22. The van der Waals surface area contributed by atoms with Gasteiger partial charge in [-0.25, -0.2) is 4.98 Å². The maximum Gasteiger partial charge on any atom is 0.255 e. The third kappa shape index (κ3) is 2.65. The number of hydrogen-bond donors (Lipinski definition) is 2. The number of oxazole rings is 1. The molecule has 15 heavy (non-hydrogen) atoms. The van der Waals surface area contributed by atoms with Gasteiger partial charge in [-0.15, -0.1) is 0 Å². The molecule has 1 fully saturated rings. The van der Waals surface area contributed by atoms with Crippen molar-refractivity contribution in [3.05, 3.63) is 12.5 Å². The average Bonchev–Trinajstić information content (AvgIpc) is 2.81. The van der Waals surface area contributed by atoms with Crippen LogP contribution in [0.5, 0.6) is 0 Å². The molecule has 82 valence electrons. The van der Waals surface area contributed by atoms with Crippen molar-refractivity contribution in [2.75, 3.05) is 5.75 Å². The standard InChI is InChI=1S/C9H13N3O2S/c10-7(12-13)5-9(1-2-9)6-15-8-11-3-4-14-8/h3-4,13H,1-2,5-6H2,(H2,10,12). The van der Waals surface area contributed by atoms with E-state index in [2.05, 4.69) is 10.1 Å². The SMILES string of the molecule is N/C(CC1(CSc2ncco2)CC1)=N/O. The Morgan fingerprint density at radius 1 is 1.73 bits per heavy atom. The maximum absolute atomic E-state index is 8.50. The van der Waals surface area contributed by atoms with E-state index in [0.29, 0.717) is 17.5 Å². The summed E-state index contributed by atoms with van der Waals surface area (Å²) in [7, 11) is 0. The van der Waals surface area contributed by atoms with Gasteiger partial charge in [0, 0.05) is 12.2 Å². The minimum Gasteiger partial charge on any atom is -0.440 e. The minimum atomic E-state index is 0.190. The highest BCUT2D eigenvalue weighted by Gasteiger charge is 2.43. The molecule has 0 atom stereocenters. The fourth-order valence-electron chi connectivity index (χ4n) is 1.46. The molecule has 3 N–H and O–H groups in total. The molecule has 0 saturated heterocycles. The molecule has 0 aliphatic heterocycles. The zero-order valence-corrected chi connectivity index (χ0v) is 9.04. The molecule has 1 aromatic heterocycles. The van der Waals surface area contributed by atoms with E-state index in [4.69, 9.17) is 15.4 Å². The van der Waals surface area contributed by atoms with Gasteiger partial charge in [-0.2, -0.15) is 0 Å². The predicted octanol–water partition coefficient (Wildman–Crippen LogP) is 1.68. The Morgan fingerprint density at radius 3 is 3.07 bits per heavy atom. The lowest BCUT2D eigenvalue weighted by Crippen LogP contribution is -2.19. The smallest absolute Gasteiger partial charge is 0.255 e. The number of rotatable bonds is 5. The molecule has 1 heterocycles. The number of oxime groups is 1. The van der Waals surface area contributed by atoms with Crippen molar-refractivity contribution in [1.29, 1.82) is 0 Å². The number of amidine groups is 1. The Labute approximate surface area is 91.7 Å². The van der Waals surface area contributed by atoms with Gasteiger partial charge in [-0.3, -0.25) is 0 Å². The van der Waals surface area contributed by atoms with Crippen molar-refractivity contribution in [1.82, 2.24) is 4.98 Å². The molecule has 6 heteroatoms. The molecular weight excluding hydrogens is 214 g/mol. The van der Waals surface area contributed by atoms with Crippen LogP contribution in [0.4, 0.5) is 0 Å². The largest absolute Gasteiger partial charge is 0.440 e. The van der Waals surface area contributed by atoms with Crippen molar-refractivity contribution in [2.24, 2.45) is 16.3 Å². The molecule has 0 radical (unpaired) electrons. The van der Waals surface area contributed by atoms with Crippen LogP contribution in [0.15, 0.2) is 27.3 Å². The van der Waals surface area contributed by atoms with Gasteiger partial charge in [-0.05, 0) is 18.3 Å². The average molecular weight is 227 g/mol. The summed E-state index contributed by atoms with van der Waals surface area (Å²) < 4.78 is 5.13. The van der Waals surface area contributed by atoms with Gasteiger partial charge in [0.25, 0.3) is 5.22 Å². The van der Waals surface area contributed by atoms with Crippen LogP contribution in [0.25, 0.3) is 0 Å². The van der Waals surface area contributed by atoms with Crippen LogP contribution in [0.2, 0.25) is 0 Å². The van der Waals surface area contributed by atoms with E-state index in [1.54, 1.807) is 24.2 Å². The lowest BCUT2D eigenvalue weighted by Gasteiger charge is -2.11. The second-order valence-corrected chi connectivity index (χ2v) is 4.78. The molecular formula is C9H13N3O2S. The van der Waals surface area contributed by atoms with Crippen LogP contribution in [0, 0.1) is 5.41 Å². The second kappa shape index (κ2) is 4.14. The summed E-state index contributed by atoms with van der Waals surface area (Å²) in [6.45, 7) is 0. The molecule has 0 bridgehead atoms. The Kier molecular flexibility index (Phi) is 2.86. The first-order valence-corrected chi connectivity index (χ1v) is 5.71. The Bertz CT molecular complexity index is 346. The first-order valence-electron chi connectivity index (χ1n) is 4.73. The summed E-state index contributed by atoms with van der Waals surface area (Å²) in [6.07, 6.45) is 6.09. The van der Waals surface area contributed by atoms with Gasteiger partial charge in [0.2, 0.25) is 0 Å².